The van der Waals surface area contributed by atoms with Crippen LogP contribution in [0.1, 0.15) is 30.5 Å². The van der Waals surface area contributed by atoms with Crippen molar-refractivity contribution in [3.8, 4) is 0 Å². The minimum Gasteiger partial charge on any atom is -0.342 e. The van der Waals surface area contributed by atoms with Crippen molar-refractivity contribution in [2.75, 3.05) is 20.1 Å². The second kappa shape index (κ2) is 9.26. The summed E-state index contributed by atoms with van der Waals surface area (Å²) in [4.78, 5) is 36.7. The van der Waals surface area contributed by atoms with E-state index in [0.717, 1.165) is 18.5 Å². The van der Waals surface area contributed by atoms with Gasteiger partial charge in [0.1, 0.15) is 6.33 Å². The van der Waals surface area contributed by atoms with Crippen molar-refractivity contribution >= 4 is 11.8 Å². The first-order valence-electron chi connectivity index (χ1n) is 9.45. The maximum atomic E-state index is 12.8. The number of rotatable bonds is 7. The number of aromatic nitrogens is 2. The van der Waals surface area contributed by atoms with Crippen LogP contribution in [0, 0.1) is 5.92 Å². The quantitative estimate of drug-likeness (QED) is 0.754. The van der Waals surface area contributed by atoms with Crippen LogP contribution in [0.15, 0.2) is 48.9 Å². The normalized spacial score (nSPS) is 17.0. The maximum absolute atomic E-state index is 12.8. The van der Waals surface area contributed by atoms with E-state index < -0.39 is 0 Å². The number of hydrogen-bond acceptors (Lipinski definition) is 4. The molecule has 2 amide bonds. The van der Waals surface area contributed by atoms with E-state index in [2.05, 4.69) is 22.1 Å². The molecule has 1 aromatic carbocycles. The molecule has 1 aromatic heterocycles. The molecular weight excluding hydrogens is 340 g/mol. The highest BCUT2D eigenvalue weighted by Gasteiger charge is 2.31. The molecule has 0 aliphatic carbocycles. The predicted octanol–water partition coefficient (Wildman–Crippen LogP) is 2.31. The van der Waals surface area contributed by atoms with E-state index in [0.29, 0.717) is 32.5 Å². The molecule has 2 heterocycles. The number of carbonyl (C=O) groups excluding carboxylic acids is 2. The lowest BCUT2D eigenvalue weighted by Gasteiger charge is -2.34. The van der Waals surface area contributed by atoms with Crippen molar-refractivity contribution in [3.05, 3.63) is 60.2 Å². The largest absolute Gasteiger partial charge is 0.342 e. The molecule has 0 saturated carbocycles. The van der Waals surface area contributed by atoms with Crippen LogP contribution in [0.2, 0.25) is 0 Å². The molecule has 3 rings (SSSR count). The van der Waals surface area contributed by atoms with Crippen LogP contribution in [0.25, 0.3) is 0 Å². The zero-order chi connectivity index (χ0) is 19.1. The lowest BCUT2D eigenvalue weighted by Crippen LogP contribution is -2.46. The second-order valence-corrected chi connectivity index (χ2v) is 7.06. The zero-order valence-electron chi connectivity index (χ0n) is 15.8. The van der Waals surface area contributed by atoms with Gasteiger partial charge in [0.15, 0.2) is 0 Å². The fourth-order valence-corrected chi connectivity index (χ4v) is 3.50. The number of likely N-dealkylation sites (tertiary alicyclic amines) is 1. The molecule has 1 aliphatic rings. The summed E-state index contributed by atoms with van der Waals surface area (Å²) in [5, 5.41) is 0. The van der Waals surface area contributed by atoms with Gasteiger partial charge < -0.3 is 9.80 Å². The van der Waals surface area contributed by atoms with E-state index in [4.69, 9.17) is 0 Å². The van der Waals surface area contributed by atoms with Gasteiger partial charge in [-0.15, -0.1) is 0 Å². The highest BCUT2D eigenvalue weighted by atomic mass is 16.2. The lowest BCUT2D eigenvalue weighted by atomic mass is 9.95. The molecule has 142 valence electrons. The Hall–Kier alpha value is -2.76. The monoisotopic (exact) mass is 366 g/mol. The molecule has 1 atom stereocenters. The third-order valence-electron chi connectivity index (χ3n) is 5.00. The van der Waals surface area contributed by atoms with Gasteiger partial charge in [-0.2, -0.15) is 0 Å². The first-order valence-corrected chi connectivity index (χ1v) is 9.45. The van der Waals surface area contributed by atoms with E-state index in [1.807, 2.05) is 29.2 Å². The number of nitrogens with zero attached hydrogens (tertiary/aromatic N) is 4. The Bertz CT molecular complexity index is 751. The third-order valence-corrected chi connectivity index (χ3v) is 5.00. The van der Waals surface area contributed by atoms with Gasteiger partial charge in [-0.3, -0.25) is 9.59 Å². The van der Waals surface area contributed by atoms with Crippen LogP contribution in [-0.2, 0) is 22.6 Å². The molecule has 0 radical (unpaired) electrons. The molecule has 1 fully saturated rings. The van der Waals surface area contributed by atoms with Crippen LogP contribution in [0.3, 0.4) is 0 Å². The molecule has 6 nitrogen and oxygen atoms in total. The van der Waals surface area contributed by atoms with Crippen molar-refractivity contribution in [1.29, 1.82) is 0 Å². The van der Waals surface area contributed by atoms with Gasteiger partial charge in [0.2, 0.25) is 11.8 Å². The van der Waals surface area contributed by atoms with Crippen LogP contribution < -0.4 is 0 Å². The van der Waals surface area contributed by atoms with Gasteiger partial charge in [-0.05, 0) is 30.9 Å². The molecule has 0 spiro atoms. The summed E-state index contributed by atoms with van der Waals surface area (Å²) in [5.74, 6) is 0.103. The fourth-order valence-electron chi connectivity index (χ4n) is 3.50. The second-order valence-electron chi connectivity index (χ2n) is 7.06. The lowest BCUT2D eigenvalue weighted by molar-refractivity contribution is -0.142. The molecule has 27 heavy (non-hydrogen) atoms. The molecule has 1 saturated heterocycles. The maximum Gasteiger partial charge on any atom is 0.227 e. The third kappa shape index (κ3) is 5.36. The number of amides is 2. The van der Waals surface area contributed by atoms with E-state index in [-0.39, 0.29) is 17.7 Å². The predicted molar refractivity (Wildman–Crippen MR) is 103 cm³/mol. The van der Waals surface area contributed by atoms with Crippen molar-refractivity contribution in [2.24, 2.45) is 5.92 Å². The molecule has 2 aromatic rings. The molecule has 6 heteroatoms. The first-order chi connectivity index (χ1) is 13.1. The van der Waals surface area contributed by atoms with Gasteiger partial charge >= 0.3 is 0 Å². The summed E-state index contributed by atoms with van der Waals surface area (Å²) in [6.45, 7) is 1.67. The smallest absolute Gasteiger partial charge is 0.227 e. The van der Waals surface area contributed by atoms with E-state index >= 15 is 0 Å². The molecule has 0 N–H and O–H groups in total. The summed E-state index contributed by atoms with van der Waals surface area (Å²) >= 11 is 0. The number of carbonyl (C=O) groups is 2. The van der Waals surface area contributed by atoms with Crippen LogP contribution >= 0.6 is 0 Å². The minimum atomic E-state index is -0.133. The van der Waals surface area contributed by atoms with Crippen LogP contribution in [-0.4, -0.2) is 51.7 Å². The average molecular weight is 366 g/mol. The van der Waals surface area contributed by atoms with Crippen molar-refractivity contribution < 1.29 is 9.59 Å². The molecular formula is C21H26N4O2. The summed E-state index contributed by atoms with van der Waals surface area (Å²) in [7, 11) is 1.79. The zero-order valence-corrected chi connectivity index (χ0v) is 15.8. The fraction of sp³-hybridized carbons (Fsp3) is 0.429. The number of piperidine rings is 1. The Balaban J connectivity index is 1.51. The van der Waals surface area contributed by atoms with Gasteiger partial charge in [0.05, 0.1) is 18.2 Å². The van der Waals surface area contributed by atoms with E-state index in [1.165, 1.54) is 11.9 Å². The summed E-state index contributed by atoms with van der Waals surface area (Å²) in [6, 6.07) is 12.1. The van der Waals surface area contributed by atoms with Crippen molar-refractivity contribution in [3.63, 3.8) is 0 Å². The average Bonchev–Trinajstić information content (AvgIpc) is 2.70. The van der Waals surface area contributed by atoms with Gasteiger partial charge in [-0.25, -0.2) is 9.97 Å². The molecule has 0 unspecified atom stereocenters. The number of aryl methyl sites for hydroxylation is 1. The number of hydrogen-bond donors (Lipinski definition) is 0. The Morgan fingerprint density at radius 3 is 2.81 bits per heavy atom. The van der Waals surface area contributed by atoms with Crippen molar-refractivity contribution in [1.82, 2.24) is 19.8 Å². The van der Waals surface area contributed by atoms with Crippen molar-refractivity contribution in [2.45, 2.75) is 32.2 Å². The van der Waals surface area contributed by atoms with Gasteiger partial charge in [0, 0.05) is 32.8 Å². The Morgan fingerprint density at radius 2 is 2.07 bits per heavy atom. The van der Waals surface area contributed by atoms with Gasteiger partial charge in [-0.1, -0.05) is 30.3 Å². The SMILES string of the molecule is CN(Cc1ccncn1)C(=O)[C@H]1CCC(=O)N(CCCc2ccccc2)C1. The van der Waals surface area contributed by atoms with Crippen LogP contribution in [0.4, 0.5) is 0 Å². The summed E-state index contributed by atoms with van der Waals surface area (Å²) < 4.78 is 0. The van der Waals surface area contributed by atoms with Crippen LogP contribution in [0.5, 0.6) is 0 Å². The Morgan fingerprint density at radius 1 is 1.26 bits per heavy atom. The standard InChI is InChI=1S/C21H26N4O2/c1-24(15-19-11-12-22-16-23-19)21(27)18-9-10-20(26)25(14-18)13-5-8-17-6-3-2-4-7-17/h2-4,6-7,11-12,16,18H,5,8-10,13-15H2,1H3/t18-/m0/s1. The molecule has 1 aliphatic heterocycles. The van der Waals surface area contributed by atoms with Gasteiger partial charge in [0.25, 0.3) is 0 Å². The van der Waals surface area contributed by atoms with E-state index in [9.17, 15) is 9.59 Å². The topological polar surface area (TPSA) is 66.4 Å². The summed E-state index contributed by atoms with van der Waals surface area (Å²) in [6.07, 6.45) is 6.09. The first kappa shape index (κ1) is 19.0. The summed E-state index contributed by atoms with van der Waals surface area (Å²) in [5.41, 5.74) is 2.09. The molecule has 0 bridgehead atoms. The Kier molecular flexibility index (Phi) is 6.52. The Labute approximate surface area is 160 Å². The highest BCUT2D eigenvalue weighted by molar-refractivity contribution is 5.83. The minimum absolute atomic E-state index is 0.0779. The van der Waals surface area contributed by atoms with E-state index in [1.54, 1.807) is 18.1 Å². The highest BCUT2D eigenvalue weighted by Crippen LogP contribution is 2.21. The number of benzene rings is 1.